The summed E-state index contributed by atoms with van der Waals surface area (Å²) >= 11 is 1.75. The first-order valence-electron chi connectivity index (χ1n) is 6.30. The monoisotopic (exact) mass is 255 g/mol. The Kier molecular flexibility index (Phi) is 6.17. The molecule has 0 spiro atoms. The van der Waals surface area contributed by atoms with Crippen molar-refractivity contribution in [1.82, 2.24) is 5.32 Å². The first kappa shape index (κ1) is 14.7. The number of hydrogen-bond donors (Lipinski definition) is 1. The van der Waals surface area contributed by atoms with Crippen molar-refractivity contribution in [2.45, 2.75) is 34.3 Å². The molecule has 1 aromatic rings. The van der Waals surface area contributed by atoms with Gasteiger partial charge < -0.3 is 10.1 Å². The van der Waals surface area contributed by atoms with E-state index in [1.54, 1.807) is 11.3 Å². The Labute approximate surface area is 109 Å². The lowest BCUT2D eigenvalue weighted by Gasteiger charge is -2.25. The molecule has 98 valence electrons. The predicted octanol–water partition coefficient (Wildman–Crippen LogP) is 3.54. The zero-order valence-corrected chi connectivity index (χ0v) is 12.3. The molecule has 0 amide bonds. The summed E-state index contributed by atoms with van der Waals surface area (Å²) in [5.74, 6) is 0.706. The molecule has 0 radical (unpaired) electrons. The summed E-state index contributed by atoms with van der Waals surface area (Å²) in [6.07, 6.45) is 0. The Morgan fingerprint density at radius 2 is 2.18 bits per heavy atom. The van der Waals surface area contributed by atoms with Crippen LogP contribution in [-0.4, -0.2) is 19.7 Å². The van der Waals surface area contributed by atoms with Crippen LogP contribution < -0.4 is 5.32 Å². The van der Waals surface area contributed by atoms with Crippen LogP contribution in [0.1, 0.15) is 32.6 Å². The molecule has 0 aromatic carbocycles. The zero-order chi connectivity index (χ0) is 12.7. The Bertz CT molecular complexity index is 293. The highest BCUT2D eigenvalue weighted by molar-refractivity contribution is 7.09. The number of rotatable bonds is 8. The van der Waals surface area contributed by atoms with Crippen molar-refractivity contribution in [1.29, 1.82) is 0 Å². The molecule has 3 heteroatoms. The highest BCUT2D eigenvalue weighted by atomic mass is 32.1. The van der Waals surface area contributed by atoms with Gasteiger partial charge in [-0.1, -0.05) is 33.8 Å². The van der Waals surface area contributed by atoms with Crippen molar-refractivity contribution < 1.29 is 4.74 Å². The van der Waals surface area contributed by atoms with Gasteiger partial charge in [-0.05, 0) is 23.9 Å². The van der Waals surface area contributed by atoms with Crippen molar-refractivity contribution in [2.75, 3.05) is 19.7 Å². The van der Waals surface area contributed by atoms with Crippen LogP contribution in [0.2, 0.25) is 0 Å². The minimum atomic E-state index is 0.201. The van der Waals surface area contributed by atoms with Crippen molar-refractivity contribution in [3.8, 4) is 0 Å². The van der Waals surface area contributed by atoms with Crippen LogP contribution in [-0.2, 0) is 11.3 Å². The fourth-order valence-corrected chi connectivity index (χ4v) is 2.21. The molecule has 1 rings (SSSR count). The normalized spacial score (nSPS) is 12.3. The van der Waals surface area contributed by atoms with Crippen molar-refractivity contribution >= 4 is 11.3 Å². The fourth-order valence-electron chi connectivity index (χ4n) is 1.57. The van der Waals surface area contributed by atoms with E-state index in [2.05, 4.69) is 50.5 Å². The lowest BCUT2D eigenvalue weighted by Crippen LogP contribution is -2.34. The lowest BCUT2D eigenvalue weighted by molar-refractivity contribution is 0.0524. The molecule has 1 heterocycles. The van der Waals surface area contributed by atoms with Gasteiger partial charge >= 0.3 is 0 Å². The number of hydrogen-bond acceptors (Lipinski definition) is 3. The van der Waals surface area contributed by atoms with Gasteiger partial charge in [-0.15, -0.1) is 11.3 Å². The second-order valence-corrected chi connectivity index (χ2v) is 6.79. The molecule has 0 unspecified atom stereocenters. The van der Waals surface area contributed by atoms with Gasteiger partial charge in [-0.3, -0.25) is 0 Å². The van der Waals surface area contributed by atoms with Gasteiger partial charge in [0.2, 0.25) is 0 Å². The Morgan fingerprint density at radius 3 is 2.76 bits per heavy atom. The zero-order valence-electron chi connectivity index (χ0n) is 11.5. The number of thiophene rings is 1. The largest absolute Gasteiger partial charge is 0.375 e. The van der Waals surface area contributed by atoms with Crippen molar-refractivity contribution in [3.05, 3.63) is 22.4 Å². The Hall–Kier alpha value is -0.380. The van der Waals surface area contributed by atoms with Crippen molar-refractivity contribution in [3.63, 3.8) is 0 Å². The van der Waals surface area contributed by atoms with Crippen LogP contribution in [0.15, 0.2) is 17.5 Å². The molecular formula is C14H25NOS. The minimum absolute atomic E-state index is 0.201. The van der Waals surface area contributed by atoms with E-state index in [9.17, 15) is 0 Å². The third-order valence-corrected chi connectivity index (χ3v) is 3.32. The highest BCUT2D eigenvalue weighted by Crippen LogP contribution is 2.16. The molecule has 0 bridgehead atoms. The molecule has 0 saturated carbocycles. The van der Waals surface area contributed by atoms with E-state index in [4.69, 9.17) is 4.74 Å². The molecule has 0 aliphatic carbocycles. The van der Waals surface area contributed by atoms with E-state index in [1.807, 2.05) is 0 Å². The number of ether oxygens (including phenoxy) is 1. The molecule has 1 aromatic heterocycles. The summed E-state index contributed by atoms with van der Waals surface area (Å²) in [5.41, 5.74) is 0.201. The van der Waals surface area contributed by atoms with E-state index in [0.717, 1.165) is 26.3 Å². The summed E-state index contributed by atoms with van der Waals surface area (Å²) in [7, 11) is 0. The van der Waals surface area contributed by atoms with E-state index >= 15 is 0 Å². The van der Waals surface area contributed by atoms with Crippen LogP contribution in [0.3, 0.4) is 0 Å². The van der Waals surface area contributed by atoms with E-state index < -0.39 is 0 Å². The van der Waals surface area contributed by atoms with Gasteiger partial charge in [0.25, 0.3) is 0 Å². The van der Waals surface area contributed by atoms with Crippen LogP contribution >= 0.6 is 11.3 Å². The Balaban J connectivity index is 2.15. The second kappa shape index (κ2) is 7.14. The first-order chi connectivity index (χ1) is 7.99. The van der Waals surface area contributed by atoms with Gasteiger partial charge in [0, 0.05) is 16.8 Å². The molecule has 1 N–H and O–H groups in total. The van der Waals surface area contributed by atoms with Gasteiger partial charge in [0.1, 0.15) is 0 Å². The second-order valence-electron chi connectivity index (χ2n) is 5.76. The van der Waals surface area contributed by atoms with Gasteiger partial charge in [0.15, 0.2) is 0 Å². The summed E-state index contributed by atoms with van der Waals surface area (Å²) in [6, 6.07) is 4.19. The van der Waals surface area contributed by atoms with Crippen molar-refractivity contribution in [2.24, 2.45) is 11.3 Å². The summed E-state index contributed by atoms with van der Waals surface area (Å²) in [5, 5.41) is 5.58. The SMILES string of the molecule is CC(C)CNCC(C)(C)COCc1cccs1. The van der Waals surface area contributed by atoms with Gasteiger partial charge in [-0.25, -0.2) is 0 Å². The lowest BCUT2D eigenvalue weighted by atomic mass is 9.94. The maximum atomic E-state index is 5.77. The topological polar surface area (TPSA) is 21.3 Å². The Morgan fingerprint density at radius 1 is 1.41 bits per heavy atom. The highest BCUT2D eigenvalue weighted by Gasteiger charge is 2.17. The standard InChI is InChI=1S/C14H25NOS/c1-12(2)8-15-10-14(3,4)11-16-9-13-6-5-7-17-13/h5-7,12,15H,8-11H2,1-4H3. The summed E-state index contributed by atoms with van der Waals surface area (Å²) in [6.45, 7) is 12.6. The predicted molar refractivity (Wildman–Crippen MR) is 75.5 cm³/mol. The summed E-state index contributed by atoms with van der Waals surface area (Å²) in [4.78, 5) is 1.30. The molecule has 0 aliphatic rings. The van der Waals surface area contributed by atoms with Crippen LogP contribution in [0, 0.1) is 11.3 Å². The fraction of sp³-hybridized carbons (Fsp3) is 0.714. The molecule has 17 heavy (non-hydrogen) atoms. The van der Waals surface area contributed by atoms with Gasteiger partial charge in [0.05, 0.1) is 13.2 Å². The molecule has 0 fully saturated rings. The maximum absolute atomic E-state index is 5.77. The molecule has 0 aliphatic heterocycles. The van der Waals surface area contributed by atoms with E-state index in [-0.39, 0.29) is 5.41 Å². The average Bonchev–Trinajstić information content (AvgIpc) is 2.69. The van der Waals surface area contributed by atoms with Crippen LogP contribution in [0.4, 0.5) is 0 Å². The maximum Gasteiger partial charge on any atom is 0.0809 e. The van der Waals surface area contributed by atoms with E-state index in [1.165, 1.54) is 4.88 Å². The molecule has 0 atom stereocenters. The third-order valence-electron chi connectivity index (χ3n) is 2.47. The molecule has 0 saturated heterocycles. The number of nitrogens with one attached hydrogen (secondary N) is 1. The van der Waals surface area contributed by atoms with Gasteiger partial charge in [-0.2, -0.15) is 0 Å². The summed E-state index contributed by atoms with van der Waals surface area (Å²) < 4.78 is 5.77. The first-order valence-corrected chi connectivity index (χ1v) is 7.18. The third kappa shape index (κ3) is 6.81. The van der Waals surface area contributed by atoms with Crippen LogP contribution in [0.5, 0.6) is 0 Å². The average molecular weight is 255 g/mol. The smallest absolute Gasteiger partial charge is 0.0809 e. The molecule has 2 nitrogen and oxygen atoms in total. The molecular weight excluding hydrogens is 230 g/mol. The van der Waals surface area contributed by atoms with E-state index in [0.29, 0.717) is 5.92 Å². The quantitative estimate of drug-likeness (QED) is 0.767. The van der Waals surface area contributed by atoms with Crippen LogP contribution in [0.25, 0.3) is 0 Å². The minimum Gasteiger partial charge on any atom is -0.375 e.